The van der Waals surface area contributed by atoms with Crippen molar-refractivity contribution in [2.24, 2.45) is 7.05 Å². The van der Waals surface area contributed by atoms with Gasteiger partial charge in [0.2, 0.25) is 11.7 Å². The number of aliphatic hydroxyl groups excluding tert-OH is 2. The zero-order valence-electron chi connectivity index (χ0n) is 45.7. The first kappa shape index (κ1) is 56.7. The van der Waals surface area contributed by atoms with E-state index < -0.39 is 102 Å². The van der Waals surface area contributed by atoms with Gasteiger partial charge in [0.05, 0.1) is 53.5 Å². The maximum absolute atomic E-state index is 14.2. The number of rotatable bonds is 16. The number of hydrogen-bond donors (Lipinski definition) is 10. The second-order valence-electron chi connectivity index (χ2n) is 21.7. The smallest absolute Gasteiger partial charge is 0.274 e. The molecule has 2 unspecified atom stereocenters. The molecule has 1 fully saturated rings. The monoisotopic (exact) mass is 1150 g/mol. The number of anilines is 3. The second-order valence-corrected chi connectivity index (χ2v) is 22.0. The van der Waals surface area contributed by atoms with Gasteiger partial charge >= 0.3 is 0 Å². The lowest BCUT2D eigenvalue weighted by atomic mass is 9.72. The van der Waals surface area contributed by atoms with Crippen molar-refractivity contribution < 1.29 is 73.6 Å². The van der Waals surface area contributed by atoms with E-state index in [1.165, 1.54) is 31.4 Å². The molecule has 0 spiro atoms. The number of fused-ring (bicyclic) bond motifs is 7. The van der Waals surface area contributed by atoms with E-state index in [2.05, 4.69) is 33.9 Å². The van der Waals surface area contributed by atoms with Crippen molar-refractivity contribution >= 4 is 85.4 Å². The van der Waals surface area contributed by atoms with Crippen molar-refractivity contribution in [1.29, 1.82) is 0 Å². The summed E-state index contributed by atoms with van der Waals surface area (Å²) in [6, 6.07) is 19.7. The molecule has 432 valence electrons. The molecule has 5 aromatic carbocycles. The summed E-state index contributed by atoms with van der Waals surface area (Å²) in [6.45, 7) is 3.14. The van der Waals surface area contributed by atoms with Crippen molar-refractivity contribution in [3.8, 4) is 23.0 Å². The Bertz CT molecular complexity index is 3850. The minimum absolute atomic E-state index is 0.0290. The second kappa shape index (κ2) is 22.2. The van der Waals surface area contributed by atoms with E-state index in [-0.39, 0.29) is 82.4 Å². The number of nitrogens with zero attached hydrogens (tertiary/aromatic N) is 2. The van der Waals surface area contributed by atoms with Crippen LogP contribution in [0.25, 0.3) is 21.7 Å². The number of aliphatic hydroxyl groups is 3. The number of methoxy groups -OCH3 is 1. The van der Waals surface area contributed by atoms with E-state index in [0.717, 1.165) is 22.9 Å². The highest BCUT2D eigenvalue weighted by Crippen LogP contribution is 2.53. The summed E-state index contributed by atoms with van der Waals surface area (Å²) in [7, 11) is 2.97. The molecular weight excluding hydrogens is 1090 g/mol. The number of aromatic hydroxyl groups is 3. The predicted molar refractivity (Wildman–Crippen MR) is 305 cm³/mol. The number of carbonyl (C=O) groups excluding carboxylic acids is 6. The van der Waals surface area contributed by atoms with E-state index in [1.54, 1.807) is 60.0 Å². The molecule has 0 radical (unpaired) electrons. The molecule has 4 aliphatic rings. The Morgan fingerprint density at radius 3 is 2.45 bits per heavy atom. The minimum Gasteiger partial charge on any atom is -0.507 e. The molecule has 10 N–H and O–H groups in total. The van der Waals surface area contributed by atoms with Gasteiger partial charge < -0.3 is 75.3 Å². The van der Waals surface area contributed by atoms with Gasteiger partial charge in [-0.2, -0.15) is 0 Å². The average molecular weight is 1150 g/mol. The molecular formula is C61H61ClN6O15. The summed E-state index contributed by atoms with van der Waals surface area (Å²) in [5.41, 5.74) is 0.664. The Hall–Kier alpha value is -8.15. The third-order valence-electron chi connectivity index (χ3n) is 16.5. The molecule has 22 heteroatoms. The molecule has 11 rings (SSSR count). The fourth-order valence-electron chi connectivity index (χ4n) is 12.3. The molecule has 21 nitrogen and oxygen atoms in total. The maximum atomic E-state index is 14.2. The van der Waals surface area contributed by atoms with Crippen LogP contribution in [0.4, 0.5) is 17.1 Å². The fraction of sp³-hybridized carbons (Fsp3) is 0.344. The van der Waals surface area contributed by atoms with Gasteiger partial charge in [-0.15, -0.1) is 11.6 Å². The number of nitrogens with one attached hydrogen (secondary N) is 4. The molecule has 4 heterocycles. The molecule has 0 saturated carbocycles. The summed E-state index contributed by atoms with van der Waals surface area (Å²) in [5, 5.41) is 78.7. The number of hydrogen-bond acceptors (Lipinski definition) is 16. The quantitative estimate of drug-likeness (QED) is 0.0279. The summed E-state index contributed by atoms with van der Waals surface area (Å²) >= 11 is 6.48. The molecule has 3 amide bonds. The molecule has 0 bridgehead atoms. The zero-order chi connectivity index (χ0) is 58.9. The van der Waals surface area contributed by atoms with Crippen LogP contribution in [0, 0.1) is 0 Å². The number of halogens is 1. The zero-order valence-corrected chi connectivity index (χ0v) is 46.4. The number of ketones is 3. The lowest BCUT2D eigenvalue weighted by Gasteiger charge is -2.43. The summed E-state index contributed by atoms with van der Waals surface area (Å²) < 4.78 is 19.3. The van der Waals surface area contributed by atoms with Crippen LogP contribution in [-0.2, 0) is 39.0 Å². The number of amides is 3. The van der Waals surface area contributed by atoms with Crippen LogP contribution in [0.3, 0.4) is 0 Å². The van der Waals surface area contributed by atoms with Crippen LogP contribution in [0.2, 0.25) is 0 Å². The van der Waals surface area contributed by atoms with Gasteiger partial charge in [0.1, 0.15) is 46.6 Å². The average Bonchev–Trinajstić information content (AvgIpc) is 4.39. The number of carbonyl (C=O) groups is 6. The van der Waals surface area contributed by atoms with Crippen LogP contribution in [-0.4, -0.2) is 138 Å². The van der Waals surface area contributed by atoms with Gasteiger partial charge in [-0.3, -0.25) is 28.8 Å². The Morgan fingerprint density at radius 2 is 1.70 bits per heavy atom. The lowest BCUT2D eigenvalue weighted by Crippen LogP contribution is -2.54. The first-order valence-corrected chi connectivity index (χ1v) is 27.8. The van der Waals surface area contributed by atoms with Crippen LogP contribution >= 0.6 is 11.6 Å². The molecule has 2 aromatic heterocycles. The lowest BCUT2D eigenvalue weighted by molar-refractivity contribution is -0.249. The van der Waals surface area contributed by atoms with Crippen molar-refractivity contribution in [2.45, 2.75) is 94.5 Å². The van der Waals surface area contributed by atoms with E-state index in [1.807, 2.05) is 12.1 Å². The van der Waals surface area contributed by atoms with Gasteiger partial charge in [-0.25, -0.2) is 0 Å². The molecule has 1 saturated heterocycles. The Labute approximate surface area is 479 Å². The van der Waals surface area contributed by atoms with Gasteiger partial charge in [0, 0.05) is 108 Å². The van der Waals surface area contributed by atoms with Crippen molar-refractivity contribution in [2.75, 3.05) is 48.2 Å². The number of alkyl halides is 1. The normalized spacial score (nSPS) is 21.8. The summed E-state index contributed by atoms with van der Waals surface area (Å²) in [5.74, 6) is -4.95. The molecule has 83 heavy (non-hydrogen) atoms. The van der Waals surface area contributed by atoms with Crippen LogP contribution in [0.1, 0.15) is 127 Å². The number of aromatic amines is 1. The fourth-order valence-corrected chi connectivity index (χ4v) is 12.5. The highest BCUT2D eigenvalue weighted by atomic mass is 35.5. The Morgan fingerprint density at radius 1 is 0.916 bits per heavy atom. The molecule has 7 aromatic rings. The van der Waals surface area contributed by atoms with E-state index in [0.29, 0.717) is 52.0 Å². The maximum Gasteiger partial charge on any atom is 0.274 e. The van der Waals surface area contributed by atoms with Gasteiger partial charge in [0.15, 0.2) is 17.9 Å². The van der Waals surface area contributed by atoms with E-state index >= 15 is 0 Å². The summed E-state index contributed by atoms with van der Waals surface area (Å²) in [4.78, 5) is 87.0. The van der Waals surface area contributed by atoms with Gasteiger partial charge in [0.25, 0.3) is 11.8 Å². The SMILES string of the molecule is CCc1ccc2c(O)cc3c(c2c1)C(CCl)CN3C(=O)c1cc2cc(NC(=O)c3cc(NC(=O)CCCN[C@H]4CC(O[C@H]5C[C@](O)(C(=O)CO)Cc6c(O)c7c(c(O)c65)C(=O)c5c(OC)cccc5C7=O)O[C@@H](C)[C@H]4O)cn3C)ccc2[nH]1. The minimum atomic E-state index is -2.35. The first-order chi connectivity index (χ1) is 39.7. The third-order valence-corrected chi connectivity index (χ3v) is 16.9. The number of aromatic nitrogens is 2. The molecule has 7 atom stereocenters. The first-order valence-electron chi connectivity index (χ1n) is 27.3. The van der Waals surface area contributed by atoms with Crippen molar-refractivity contribution in [3.63, 3.8) is 0 Å². The van der Waals surface area contributed by atoms with Gasteiger partial charge in [-0.05, 0) is 79.2 Å². The predicted octanol–water partition coefficient (Wildman–Crippen LogP) is 6.53. The summed E-state index contributed by atoms with van der Waals surface area (Å²) in [6.07, 6.45) is -3.04. The molecule has 2 aliphatic heterocycles. The number of Topliss-reactive ketones (excluding diaryl/α,β-unsaturated/α-hetero) is 1. The Kier molecular flexibility index (Phi) is 15.2. The van der Waals surface area contributed by atoms with Crippen LogP contribution in [0.15, 0.2) is 79.0 Å². The van der Waals surface area contributed by atoms with Crippen molar-refractivity contribution in [1.82, 2.24) is 14.9 Å². The van der Waals surface area contributed by atoms with Crippen molar-refractivity contribution in [3.05, 3.63) is 135 Å². The van der Waals surface area contributed by atoms with Gasteiger partial charge in [-0.1, -0.05) is 37.3 Å². The largest absolute Gasteiger partial charge is 0.507 e. The number of phenols is 3. The Balaban J connectivity index is 0.711. The number of phenolic OH excluding ortho intramolecular Hbond substituents is 3. The number of H-pyrrole nitrogens is 1. The topological polar surface area (TPSA) is 312 Å². The number of aryl methyl sites for hydroxylation is 2. The van der Waals surface area contributed by atoms with Crippen LogP contribution < -0.4 is 25.6 Å². The third kappa shape index (κ3) is 10.0. The van der Waals surface area contributed by atoms with E-state index in [9.17, 15) is 59.4 Å². The van der Waals surface area contributed by atoms with E-state index in [4.69, 9.17) is 25.8 Å². The standard InChI is InChI=1S/C61H61ClN6O15/c1-5-29-11-13-34-36(16-29)49-31(24-62)25-68(41(49)21-43(34)70)60(79)40-18-30-17-32(12-14-38(30)66-40)65-59(78)42-19-33(26-67(42)3)64-47(72)10-7-15-63-39-20-48(82-28(2)54(39)73)83-45-23-61(80,46(71)27-69)22-37-51(45)58(77)53-52(56(37)75)55(74)35-8-6-9-44(81-4)50(35)57(53)76/h6,8-9,11-14,16-19,21,26,28,31,39,45,48,54,63,66,69-70,73,75,77,80H,5,7,10,15,20,22-25,27H2,1-4H3,(H,64,72)(H,65,78)/t28-,31?,39-,45-,48?,54+,61-/m0/s1. The number of benzene rings is 5. The highest BCUT2D eigenvalue weighted by molar-refractivity contribution is 6.31. The highest BCUT2D eigenvalue weighted by Gasteiger charge is 2.50. The van der Waals surface area contributed by atoms with Crippen LogP contribution in [0.5, 0.6) is 23.0 Å². The number of ether oxygens (including phenoxy) is 3. The molecule has 2 aliphatic carbocycles.